The van der Waals surface area contributed by atoms with Gasteiger partial charge < -0.3 is 14.6 Å². The molecule has 0 saturated carbocycles. The number of H-pyrrole nitrogens is 1. The van der Waals surface area contributed by atoms with E-state index < -0.39 is 15.1 Å². The number of nitrogens with zero attached hydrogens (tertiary/aromatic N) is 4. The normalized spacial score (nSPS) is 23.5. The largest absolute Gasteiger partial charge is 0.377 e. The highest BCUT2D eigenvalue weighted by Crippen LogP contribution is 2.37. The molecule has 1 unspecified atom stereocenters. The smallest absolute Gasteiger partial charge is 0.162 e. The van der Waals surface area contributed by atoms with Gasteiger partial charge in [0.15, 0.2) is 15.7 Å². The fraction of sp³-hybridized carbons (Fsp3) is 0.476. The molecule has 8 nitrogen and oxygen atoms in total. The highest BCUT2D eigenvalue weighted by Gasteiger charge is 2.35. The van der Waals surface area contributed by atoms with E-state index in [0.29, 0.717) is 60.7 Å². The van der Waals surface area contributed by atoms with Crippen molar-refractivity contribution in [1.82, 2.24) is 19.9 Å². The first-order chi connectivity index (χ1) is 14.8. The summed E-state index contributed by atoms with van der Waals surface area (Å²) >= 11 is 6.30. The fourth-order valence-electron chi connectivity index (χ4n) is 4.47. The summed E-state index contributed by atoms with van der Waals surface area (Å²) in [7, 11) is -3.22. The molecule has 0 spiro atoms. The van der Waals surface area contributed by atoms with Crippen molar-refractivity contribution in [2.24, 2.45) is 0 Å². The van der Waals surface area contributed by atoms with E-state index in [-0.39, 0.29) is 11.8 Å². The standard InChI is InChI=1S/C21H24ClN5O3S/c1-12-8-14-15(9-18(22)25-20(14)23-12)21-24-16(17-4-3-7-31(17,28)29)10-19(26-21)27-5-6-30-11-13(27)2/h8-10,13,17H,3-7,11H2,1-2H3,(H,23,25)/t13-,17?/m1/s1. The summed E-state index contributed by atoms with van der Waals surface area (Å²) in [4.78, 5) is 19.3. The number of hydrogen-bond acceptors (Lipinski definition) is 7. The molecule has 2 aliphatic heterocycles. The number of aromatic nitrogens is 4. The monoisotopic (exact) mass is 461 g/mol. The molecule has 3 aromatic rings. The maximum atomic E-state index is 12.7. The maximum Gasteiger partial charge on any atom is 0.162 e. The predicted molar refractivity (Wildman–Crippen MR) is 120 cm³/mol. The first kappa shape index (κ1) is 20.7. The van der Waals surface area contributed by atoms with Crippen LogP contribution in [-0.4, -0.2) is 59.9 Å². The van der Waals surface area contributed by atoms with Gasteiger partial charge in [0.25, 0.3) is 0 Å². The van der Waals surface area contributed by atoms with Crippen molar-refractivity contribution in [2.75, 3.05) is 30.4 Å². The van der Waals surface area contributed by atoms with Crippen molar-refractivity contribution in [2.45, 2.75) is 38.0 Å². The molecule has 0 radical (unpaired) electrons. The van der Waals surface area contributed by atoms with Gasteiger partial charge >= 0.3 is 0 Å². The van der Waals surface area contributed by atoms with Gasteiger partial charge in [-0.3, -0.25) is 0 Å². The van der Waals surface area contributed by atoms with E-state index >= 15 is 0 Å². The molecular weight excluding hydrogens is 438 g/mol. The first-order valence-electron chi connectivity index (χ1n) is 10.4. The Bertz CT molecular complexity index is 1260. The second-order valence-corrected chi connectivity index (χ2v) is 11.0. The van der Waals surface area contributed by atoms with Gasteiger partial charge in [-0.2, -0.15) is 0 Å². The van der Waals surface area contributed by atoms with Crippen molar-refractivity contribution in [1.29, 1.82) is 0 Å². The number of pyridine rings is 1. The predicted octanol–water partition coefficient (Wildman–Crippen LogP) is 3.46. The number of aromatic amines is 1. The van der Waals surface area contributed by atoms with Crippen molar-refractivity contribution < 1.29 is 13.2 Å². The average Bonchev–Trinajstić information content (AvgIpc) is 3.27. The van der Waals surface area contributed by atoms with E-state index in [0.717, 1.165) is 16.6 Å². The van der Waals surface area contributed by atoms with Crippen LogP contribution in [0.2, 0.25) is 5.15 Å². The van der Waals surface area contributed by atoms with Gasteiger partial charge in [0, 0.05) is 29.3 Å². The number of hydrogen-bond donors (Lipinski definition) is 1. The lowest BCUT2D eigenvalue weighted by Crippen LogP contribution is -2.44. The summed E-state index contributed by atoms with van der Waals surface area (Å²) in [6.07, 6.45) is 1.23. The summed E-state index contributed by atoms with van der Waals surface area (Å²) < 4.78 is 31.0. The summed E-state index contributed by atoms with van der Waals surface area (Å²) in [5.41, 5.74) is 2.88. The molecule has 31 heavy (non-hydrogen) atoms. The number of halogens is 1. The maximum absolute atomic E-state index is 12.7. The summed E-state index contributed by atoms with van der Waals surface area (Å²) in [6.45, 7) is 5.90. The molecular formula is C21H24ClN5O3S. The fourth-order valence-corrected chi connectivity index (χ4v) is 6.53. The molecule has 5 rings (SSSR count). The Morgan fingerprint density at radius 3 is 2.81 bits per heavy atom. The number of sulfone groups is 1. The molecule has 2 aliphatic rings. The van der Waals surface area contributed by atoms with Gasteiger partial charge in [0.1, 0.15) is 21.9 Å². The lowest BCUT2D eigenvalue weighted by atomic mass is 10.1. The third-order valence-electron chi connectivity index (χ3n) is 6.00. The molecule has 0 amide bonds. The zero-order valence-electron chi connectivity index (χ0n) is 17.4. The Balaban J connectivity index is 1.72. The molecule has 5 heterocycles. The Labute approximate surface area is 185 Å². The second-order valence-electron chi connectivity index (χ2n) is 8.30. The third-order valence-corrected chi connectivity index (χ3v) is 8.39. The van der Waals surface area contributed by atoms with Crippen molar-refractivity contribution in [3.63, 3.8) is 0 Å². The number of rotatable bonds is 3. The second kappa shape index (κ2) is 7.72. The van der Waals surface area contributed by atoms with Crippen LogP contribution in [0.5, 0.6) is 0 Å². The molecule has 0 aliphatic carbocycles. The molecule has 164 valence electrons. The first-order valence-corrected chi connectivity index (χ1v) is 12.5. The number of nitrogens with one attached hydrogen (secondary N) is 1. The summed E-state index contributed by atoms with van der Waals surface area (Å²) in [5, 5.41) is 0.576. The highest BCUT2D eigenvalue weighted by molar-refractivity contribution is 7.91. The number of morpholine rings is 1. The minimum absolute atomic E-state index is 0.125. The van der Waals surface area contributed by atoms with E-state index in [2.05, 4.69) is 21.8 Å². The van der Waals surface area contributed by atoms with Gasteiger partial charge in [-0.1, -0.05) is 11.6 Å². The Morgan fingerprint density at radius 2 is 2.06 bits per heavy atom. The minimum Gasteiger partial charge on any atom is -0.377 e. The van der Waals surface area contributed by atoms with Crippen LogP contribution < -0.4 is 4.90 Å². The zero-order valence-corrected chi connectivity index (χ0v) is 19.0. The van der Waals surface area contributed by atoms with E-state index in [1.165, 1.54) is 0 Å². The van der Waals surface area contributed by atoms with Crippen LogP contribution in [0.25, 0.3) is 22.4 Å². The van der Waals surface area contributed by atoms with Crippen LogP contribution >= 0.6 is 11.6 Å². The molecule has 2 fully saturated rings. The quantitative estimate of drug-likeness (QED) is 0.596. The summed E-state index contributed by atoms with van der Waals surface area (Å²) in [5.74, 6) is 1.37. The highest BCUT2D eigenvalue weighted by atomic mass is 35.5. The van der Waals surface area contributed by atoms with Crippen molar-refractivity contribution >= 4 is 38.3 Å². The molecule has 2 saturated heterocycles. The van der Waals surface area contributed by atoms with E-state index in [1.54, 1.807) is 6.07 Å². The van der Waals surface area contributed by atoms with Crippen LogP contribution in [-0.2, 0) is 14.6 Å². The topological polar surface area (TPSA) is 101 Å². The molecule has 10 heteroatoms. The molecule has 3 aromatic heterocycles. The number of aryl methyl sites for hydroxylation is 1. The van der Waals surface area contributed by atoms with Crippen LogP contribution in [0, 0.1) is 6.92 Å². The molecule has 0 aromatic carbocycles. The lowest BCUT2D eigenvalue weighted by Gasteiger charge is -2.34. The van der Waals surface area contributed by atoms with Gasteiger partial charge in [0.05, 0.1) is 30.7 Å². The van der Waals surface area contributed by atoms with E-state index in [4.69, 9.17) is 26.3 Å². The van der Waals surface area contributed by atoms with Crippen molar-refractivity contribution in [3.8, 4) is 11.4 Å². The van der Waals surface area contributed by atoms with Crippen LogP contribution in [0.15, 0.2) is 18.2 Å². The van der Waals surface area contributed by atoms with E-state index in [9.17, 15) is 8.42 Å². The number of fused-ring (bicyclic) bond motifs is 1. The van der Waals surface area contributed by atoms with Gasteiger partial charge in [-0.05, 0) is 38.8 Å². The number of ether oxygens (including phenoxy) is 1. The van der Waals surface area contributed by atoms with Crippen LogP contribution in [0.4, 0.5) is 5.82 Å². The molecule has 2 atom stereocenters. The van der Waals surface area contributed by atoms with Gasteiger partial charge in [-0.15, -0.1) is 0 Å². The summed E-state index contributed by atoms with van der Waals surface area (Å²) in [6, 6.07) is 5.68. The average molecular weight is 462 g/mol. The molecule has 0 bridgehead atoms. The Kier molecular flexibility index (Phi) is 5.15. The zero-order chi connectivity index (χ0) is 21.8. The SMILES string of the molecule is Cc1cc2c(-c3nc(C4CCCS4(=O)=O)cc(N4CCOC[C@H]4C)n3)cc(Cl)nc2[nH]1. The lowest BCUT2D eigenvalue weighted by molar-refractivity contribution is 0.0985. The van der Waals surface area contributed by atoms with E-state index in [1.807, 2.05) is 19.1 Å². The van der Waals surface area contributed by atoms with Crippen LogP contribution in [0.3, 0.4) is 0 Å². The number of anilines is 1. The third kappa shape index (κ3) is 3.79. The Morgan fingerprint density at radius 1 is 1.23 bits per heavy atom. The van der Waals surface area contributed by atoms with Gasteiger partial charge in [0.2, 0.25) is 0 Å². The molecule has 1 N–H and O–H groups in total. The Hall–Kier alpha value is -2.23. The van der Waals surface area contributed by atoms with Crippen molar-refractivity contribution in [3.05, 3.63) is 34.7 Å². The van der Waals surface area contributed by atoms with Gasteiger partial charge in [-0.25, -0.2) is 23.4 Å². The van der Waals surface area contributed by atoms with Crippen LogP contribution in [0.1, 0.15) is 36.4 Å². The minimum atomic E-state index is -3.22.